The van der Waals surface area contributed by atoms with Crippen molar-refractivity contribution in [2.24, 2.45) is 0 Å². The van der Waals surface area contributed by atoms with Crippen LogP contribution in [0.15, 0.2) is 53.7 Å². The number of nitrogens with one attached hydrogen (secondary N) is 1. The van der Waals surface area contributed by atoms with Crippen LogP contribution in [0.3, 0.4) is 0 Å². The predicted octanol–water partition coefficient (Wildman–Crippen LogP) is 3.62. The van der Waals surface area contributed by atoms with Crippen molar-refractivity contribution in [1.82, 2.24) is 9.55 Å². The molecule has 1 amide bonds. The molecule has 1 aromatic heterocycles. The van der Waals surface area contributed by atoms with Gasteiger partial charge in [-0.05, 0) is 31.2 Å². The first-order chi connectivity index (χ1) is 13.8. The number of amides is 1. The number of aryl methyl sites for hydroxylation is 1. The van der Waals surface area contributed by atoms with Crippen molar-refractivity contribution in [3.63, 3.8) is 0 Å². The summed E-state index contributed by atoms with van der Waals surface area (Å²) in [5, 5.41) is 3.95. The van der Waals surface area contributed by atoms with Crippen molar-refractivity contribution < 1.29 is 9.53 Å². The fraction of sp³-hybridized carbons (Fsp3) is 0.333. The minimum atomic E-state index is -0.0274. The van der Waals surface area contributed by atoms with E-state index in [-0.39, 0.29) is 5.91 Å². The average Bonchev–Trinajstić information content (AvgIpc) is 3.11. The highest BCUT2D eigenvalue weighted by atomic mass is 32.2. The van der Waals surface area contributed by atoms with E-state index in [4.69, 9.17) is 4.74 Å². The van der Waals surface area contributed by atoms with Crippen molar-refractivity contribution in [3.05, 3.63) is 48.5 Å². The second-order valence-electron chi connectivity index (χ2n) is 6.58. The molecule has 2 heterocycles. The van der Waals surface area contributed by atoms with Gasteiger partial charge in [0.1, 0.15) is 0 Å². The van der Waals surface area contributed by atoms with Crippen LogP contribution in [0, 0.1) is 0 Å². The minimum absolute atomic E-state index is 0.0274. The number of carbonyl (C=O) groups excluding carboxylic acids is 1. The third-order valence-electron chi connectivity index (χ3n) is 4.80. The Hall–Kier alpha value is -2.51. The third kappa shape index (κ3) is 4.00. The summed E-state index contributed by atoms with van der Waals surface area (Å²) in [6.07, 6.45) is 0. The van der Waals surface area contributed by atoms with Gasteiger partial charge < -0.3 is 19.5 Å². The number of benzene rings is 2. The molecular weight excluding hydrogens is 372 g/mol. The van der Waals surface area contributed by atoms with Crippen LogP contribution in [0.4, 0.5) is 11.4 Å². The lowest BCUT2D eigenvalue weighted by molar-refractivity contribution is -0.113. The topological polar surface area (TPSA) is 59.4 Å². The van der Waals surface area contributed by atoms with Gasteiger partial charge in [-0.1, -0.05) is 36.0 Å². The molecule has 0 radical (unpaired) electrons. The second kappa shape index (κ2) is 8.67. The van der Waals surface area contributed by atoms with E-state index in [0.29, 0.717) is 19.0 Å². The summed E-state index contributed by atoms with van der Waals surface area (Å²) in [6.45, 7) is 6.02. The molecule has 0 unspecified atom stereocenters. The first-order valence-electron chi connectivity index (χ1n) is 9.56. The van der Waals surface area contributed by atoms with E-state index in [0.717, 1.165) is 47.2 Å². The number of hydrogen-bond acceptors (Lipinski definition) is 5. The Morgan fingerprint density at radius 2 is 1.89 bits per heavy atom. The molecule has 3 aromatic rings. The molecule has 0 bridgehead atoms. The number of rotatable bonds is 6. The quantitative estimate of drug-likeness (QED) is 0.645. The number of thioether (sulfide) groups is 1. The van der Waals surface area contributed by atoms with Crippen LogP contribution in [0.1, 0.15) is 6.92 Å². The highest BCUT2D eigenvalue weighted by Crippen LogP contribution is 2.28. The average molecular weight is 397 g/mol. The zero-order valence-corrected chi connectivity index (χ0v) is 16.7. The van der Waals surface area contributed by atoms with Crippen molar-refractivity contribution in [2.75, 3.05) is 42.3 Å². The number of para-hydroxylation sites is 4. The Morgan fingerprint density at radius 1 is 1.14 bits per heavy atom. The highest BCUT2D eigenvalue weighted by Gasteiger charge is 2.17. The SMILES string of the molecule is CCn1c(SCC(=O)Nc2ccccc2N2CCOCC2)nc2ccccc21. The van der Waals surface area contributed by atoms with Crippen LogP contribution >= 0.6 is 11.8 Å². The van der Waals surface area contributed by atoms with E-state index in [1.54, 1.807) is 0 Å². The van der Waals surface area contributed by atoms with Gasteiger partial charge >= 0.3 is 0 Å². The second-order valence-corrected chi connectivity index (χ2v) is 7.52. The molecule has 7 heteroatoms. The Morgan fingerprint density at radius 3 is 2.71 bits per heavy atom. The maximum atomic E-state index is 12.6. The Bertz CT molecular complexity index is 966. The van der Waals surface area contributed by atoms with Gasteiger partial charge in [-0.2, -0.15) is 0 Å². The van der Waals surface area contributed by atoms with E-state index in [2.05, 4.69) is 32.8 Å². The smallest absolute Gasteiger partial charge is 0.234 e. The zero-order chi connectivity index (χ0) is 19.3. The summed E-state index contributed by atoms with van der Waals surface area (Å²) in [4.78, 5) is 19.6. The van der Waals surface area contributed by atoms with Crippen LogP contribution < -0.4 is 10.2 Å². The number of morpholine rings is 1. The molecule has 146 valence electrons. The summed E-state index contributed by atoms with van der Waals surface area (Å²) in [5.41, 5.74) is 3.96. The van der Waals surface area contributed by atoms with Gasteiger partial charge in [0, 0.05) is 19.6 Å². The molecule has 0 atom stereocenters. The minimum Gasteiger partial charge on any atom is -0.378 e. The van der Waals surface area contributed by atoms with E-state index >= 15 is 0 Å². The molecule has 1 saturated heterocycles. The molecule has 0 saturated carbocycles. The number of anilines is 2. The summed E-state index contributed by atoms with van der Waals surface area (Å²) >= 11 is 1.47. The van der Waals surface area contributed by atoms with Gasteiger partial charge in [0.2, 0.25) is 5.91 Å². The molecule has 1 fully saturated rings. The van der Waals surface area contributed by atoms with Gasteiger partial charge in [0.15, 0.2) is 5.16 Å². The lowest BCUT2D eigenvalue weighted by Gasteiger charge is -2.30. The Labute approximate surface area is 168 Å². The van der Waals surface area contributed by atoms with E-state index in [1.165, 1.54) is 11.8 Å². The first-order valence-corrected chi connectivity index (χ1v) is 10.5. The summed E-state index contributed by atoms with van der Waals surface area (Å²) in [5.74, 6) is 0.293. The number of carbonyl (C=O) groups is 1. The van der Waals surface area contributed by atoms with Crippen molar-refractivity contribution in [3.8, 4) is 0 Å². The zero-order valence-electron chi connectivity index (χ0n) is 15.9. The number of ether oxygens (including phenoxy) is 1. The number of imidazole rings is 1. The van der Waals surface area contributed by atoms with Gasteiger partial charge in [-0.15, -0.1) is 0 Å². The number of hydrogen-bond donors (Lipinski definition) is 1. The fourth-order valence-corrected chi connectivity index (χ4v) is 4.32. The molecule has 1 aliphatic heterocycles. The number of nitrogens with zero attached hydrogens (tertiary/aromatic N) is 3. The van der Waals surface area contributed by atoms with Gasteiger partial charge in [-0.3, -0.25) is 4.79 Å². The van der Waals surface area contributed by atoms with Crippen molar-refractivity contribution >= 4 is 40.1 Å². The molecule has 28 heavy (non-hydrogen) atoms. The summed E-state index contributed by atoms with van der Waals surface area (Å²) in [7, 11) is 0. The van der Waals surface area contributed by atoms with Crippen molar-refractivity contribution in [1.29, 1.82) is 0 Å². The summed E-state index contributed by atoms with van der Waals surface area (Å²) in [6, 6.07) is 16.0. The van der Waals surface area contributed by atoms with Crippen molar-refractivity contribution in [2.45, 2.75) is 18.6 Å². The molecule has 0 aliphatic carbocycles. The Balaban J connectivity index is 1.44. The Kier molecular flexibility index (Phi) is 5.83. The maximum Gasteiger partial charge on any atom is 0.234 e. The molecule has 1 aliphatic rings. The highest BCUT2D eigenvalue weighted by molar-refractivity contribution is 7.99. The van der Waals surface area contributed by atoms with Crippen LogP contribution in [-0.2, 0) is 16.1 Å². The van der Waals surface area contributed by atoms with Gasteiger partial charge in [0.25, 0.3) is 0 Å². The van der Waals surface area contributed by atoms with Gasteiger partial charge in [0.05, 0.1) is 41.4 Å². The third-order valence-corrected chi connectivity index (χ3v) is 5.77. The molecule has 1 N–H and O–H groups in total. The summed E-state index contributed by atoms with van der Waals surface area (Å²) < 4.78 is 7.58. The molecule has 4 rings (SSSR count). The standard InChI is InChI=1S/C21H24N4O2S/c1-2-25-19-10-6-4-8-17(19)23-21(25)28-15-20(26)22-16-7-3-5-9-18(16)24-11-13-27-14-12-24/h3-10H,2,11-15H2,1H3,(H,22,26). The van der Waals surface area contributed by atoms with E-state index < -0.39 is 0 Å². The van der Waals surface area contributed by atoms with Crippen LogP contribution in [0.2, 0.25) is 0 Å². The number of aromatic nitrogens is 2. The van der Waals surface area contributed by atoms with E-state index in [1.807, 2.05) is 42.5 Å². The largest absolute Gasteiger partial charge is 0.378 e. The normalized spacial score (nSPS) is 14.4. The monoisotopic (exact) mass is 396 g/mol. The molecular formula is C21H24N4O2S. The van der Waals surface area contributed by atoms with Gasteiger partial charge in [-0.25, -0.2) is 4.98 Å². The number of fused-ring (bicyclic) bond motifs is 1. The molecule has 2 aromatic carbocycles. The lowest BCUT2D eigenvalue weighted by Crippen LogP contribution is -2.36. The lowest BCUT2D eigenvalue weighted by atomic mass is 10.2. The molecule has 0 spiro atoms. The first kappa shape index (κ1) is 18.8. The fourth-order valence-electron chi connectivity index (χ4n) is 3.44. The van der Waals surface area contributed by atoms with Crippen LogP contribution in [0.5, 0.6) is 0 Å². The van der Waals surface area contributed by atoms with Crippen LogP contribution in [0.25, 0.3) is 11.0 Å². The molecule has 6 nitrogen and oxygen atoms in total. The maximum absolute atomic E-state index is 12.6. The van der Waals surface area contributed by atoms with E-state index in [9.17, 15) is 4.79 Å². The predicted molar refractivity (Wildman–Crippen MR) is 114 cm³/mol. The van der Waals surface area contributed by atoms with Crippen LogP contribution in [-0.4, -0.2) is 47.5 Å².